The maximum atomic E-state index is 10.5. The van der Waals surface area contributed by atoms with E-state index >= 15 is 0 Å². The number of aryl methyl sites for hydroxylation is 1. The Morgan fingerprint density at radius 2 is 2.41 bits per heavy atom. The molecule has 0 fully saturated rings. The van der Waals surface area contributed by atoms with Gasteiger partial charge in [-0.2, -0.15) is 0 Å². The summed E-state index contributed by atoms with van der Waals surface area (Å²) in [4.78, 5) is 17.5. The number of imidazole rings is 1. The number of carboxylic acid groups (broad SMARTS) is 1. The molecule has 6 heteroatoms. The third-order valence-corrected chi connectivity index (χ3v) is 2.35. The van der Waals surface area contributed by atoms with Crippen molar-refractivity contribution in [1.82, 2.24) is 9.97 Å². The molecule has 2 aromatic rings. The molecule has 1 unspecified atom stereocenters. The minimum absolute atomic E-state index is 0.163. The van der Waals surface area contributed by atoms with Gasteiger partial charge in [-0.15, -0.1) is 0 Å². The number of aromatic nitrogens is 2. The molecule has 2 aromatic heterocycles. The van der Waals surface area contributed by atoms with Crippen LogP contribution in [0.4, 0.5) is 0 Å². The molecule has 6 nitrogen and oxygen atoms in total. The van der Waals surface area contributed by atoms with Crippen molar-refractivity contribution in [2.75, 3.05) is 0 Å². The van der Waals surface area contributed by atoms with Crippen LogP contribution in [0.15, 0.2) is 22.7 Å². The van der Waals surface area contributed by atoms with E-state index in [9.17, 15) is 4.79 Å². The molecule has 1 atom stereocenters. The first-order valence-corrected chi connectivity index (χ1v) is 5.15. The maximum absolute atomic E-state index is 10.5. The molecule has 90 valence electrons. The summed E-state index contributed by atoms with van der Waals surface area (Å²) in [6, 6.07) is 3.01. The minimum Gasteiger partial charge on any atom is -0.481 e. The number of hydrogen-bond donors (Lipinski definition) is 3. The minimum atomic E-state index is -0.954. The van der Waals surface area contributed by atoms with Crippen LogP contribution in [-0.2, 0) is 4.79 Å². The summed E-state index contributed by atoms with van der Waals surface area (Å²) in [5.74, 6) is 0.940. The first kappa shape index (κ1) is 11.4. The van der Waals surface area contributed by atoms with E-state index < -0.39 is 12.0 Å². The summed E-state index contributed by atoms with van der Waals surface area (Å²) < 4.78 is 5.42. The number of nitrogens with two attached hydrogens (primary N) is 1. The molecule has 2 heterocycles. The first-order chi connectivity index (χ1) is 8.06. The Balaban J connectivity index is 2.18. The second-order valence-electron chi connectivity index (χ2n) is 3.80. The molecule has 0 saturated heterocycles. The normalized spacial score (nSPS) is 12.6. The van der Waals surface area contributed by atoms with E-state index in [1.807, 2.05) is 19.1 Å². The Labute approximate surface area is 97.5 Å². The fraction of sp³-hybridized carbons (Fsp3) is 0.273. The van der Waals surface area contributed by atoms with Gasteiger partial charge in [0, 0.05) is 0 Å². The molecule has 0 spiro atoms. The molecular weight excluding hydrogens is 222 g/mol. The quantitative estimate of drug-likeness (QED) is 0.743. The molecule has 0 radical (unpaired) electrons. The van der Waals surface area contributed by atoms with Crippen molar-refractivity contribution < 1.29 is 14.3 Å². The summed E-state index contributed by atoms with van der Waals surface area (Å²) in [5.41, 5.74) is 6.38. The fourth-order valence-electron chi connectivity index (χ4n) is 1.51. The molecule has 0 aliphatic rings. The Hall–Kier alpha value is -2.08. The second-order valence-corrected chi connectivity index (χ2v) is 3.80. The topological polar surface area (TPSA) is 105 Å². The molecule has 0 saturated carbocycles. The molecule has 4 N–H and O–H groups in total. The van der Waals surface area contributed by atoms with Gasteiger partial charge in [0.25, 0.3) is 0 Å². The van der Waals surface area contributed by atoms with Crippen LogP contribution in [0.25, 0.3) is 11.5 Å². The summed E-state index contributed by atoms with van der Waals surface area (Å²) in [6.07, 6.45) is 1.42. The van der Waals surface area contributed by atoms with Gasteiger partial charge in [0.15, 0.2) is 5.76 Å². The Kier molecular flexibility index (Phi) is 2.97. The molecule has 17 heavy (non-hydrogen) atoms. The van der Waals surface area contributed by atoms with Crippen molar-refractivity contribution in [2.24, 2.45) is 5.73 Å². The van der Waals surface area contributed by atoms with E-state index in [0.29, 0.717) is 17.3 Å². The molecule has 0 bridgehead atoms. The lowest BCUT2D eigenvalue weighted by atomic mass is 10.2. The third-order valence-electron chi connectivity index (χ3n) is 2.35. The maximum Gasteiger partial charge on any atom is 0.305 e. The third kappa shape index (κ3) is 2.54. The van der Waals surface area contributed by atoms with E-state index in [2.05, 4.69) is 9.97 Å². The summed E-state index contributed by atoms with van der Waals surface area (Å²) in [5, 5.41) is 8.63. The van der Waals surface area contributed by atoms with Crippen molar-refractivity contribution in [3.63, 3.8) is 0 Å². The van der Waals surface area contributed by atoms with Gasteiger partial charge in [0.1, 0.15) is 17.3 Å². The lowest BCUT2D eigenvalue weighted by molar-refractivity contribution is -0.137. The van der Waals surface area contributed by atoms with Gasteiger partial charge in [-0.25, -0.2) is 4.98 Å². The molecule has 0 amide bonds. The summed E-state index contributed by atoms with van der Waals surface area (Å²) >= 11 is 0. The van der Waals surface area contributed by atoms with Crippen molar-refractivity contribution in [1.29, 1.82) is 0 Å². The fourth-order valence-corrected chi connectivity index (χ4v) is 1.51. The highest BCUT2D eigenvalue weighted by Gasteiger charge is 2.15. The van der Waals surface area contributed by atoms with Gasteiger partial charge < -0.3 is 20.2 Å². The van der Waals surface area contributed by atoms with Crippen molar-refractivity contribution in [3.8, 4) is 11.5 Å². The zero-order valence-electron chi connectivity index (χ0n) is 9.30. The van der Waals surface area contributed by atoms with Gasteiger partial charge >= 0.3 is 5.97 Å². The number of aliphatic carboxylic acids is 1. The lowest BCUT2D eigenvalue weighted by Crippen LogP contribution is -2.16. The number of carbonyl (C=O) groups is 1. The van der Waals surface area contributed by atoms with Crippen LogP contribution in [-0.4, -0.2) is 21.0 Å². The number of rotatable bonds is 4. The Morgan fingerprint density at radius 1 is 1.65 bits per heavy atom. The largest absolute Gasteiger partial charge is 0.481 e. The molecule has 0 aromatic carbocycles. The van der Waals surface area contributed by atoms with Crippen LogP contribution in [0.2, 0.25) is 0 Å². The van der Waals surface area contributed by atoms with Crippen molar-refractivity contribution >= 4 is 5.97 Å². The Bertz CT molecular complexity index is 530. The van der Waals surface area contributed by atoms with Crippen LogP contribution >= 0.6 is 0 Å². The molecular formula is C11H13N3O3. The molecule has 0 aliphatic carbocycles. The van der Waals surface area contributed by atoms with E-state index in [1.165, 1.54) is 0 Å². The van der Waals surface area contributed by atoms with E-state index in [-0.39, 0.29) is 6.42 Å². The average molecular weight is 235 g/mol. The van der Waals surface area contributed by atoms with Crippen LogP contribution in [0, 0.1) is 6.92 Å². The van der Waals surface area contributed by atoms with Gasteiger partial charge in [-0.3, -0.25) is 4.79 Å². The zero-order chi connectivity index (χ0) is 12.4. The SMILES string of the molecule is Cc1ccc(-c2cnc(C(N)CC(=O)O)[nH]2)o1. The van der Waals surface area contributed by atoms with Crippen LogP contribution in [0.3, 0.4) is 0 Å². The highest BCUT2D eigenvalue weighted by molar-refractivity contribution is 5.67. The first-order valence-electron chi connectivity index (χ1n) is 5.15. The number of aromatic amines is 1. The predicted molar refractivity (Wildman–Crippen MR) is 60.2 cm³/mol. The van der Waals surface area contributed by atoms with Gasteiger partial charge in [-0.1, -0.05) is 0 Å². The smallest absolute Gasteiger partial charge is 0.305 e. The van der Waals surface area contributed by atoms with Crippen LogP contribution < -0.4 is 5.73 Å². The van der Waals surface area contributed by atoms with E-state index in [1.54, 1.807) is 6.20 Å². The average Bonchev–Trinajstić information content (AvgIpc) is 2.84. The monoisotopic (exact) mass is 235 g/mol. The number of nitrogens with one attached hydrogen (secondary N) is 1. The van der Waals surface area contributed by atoms with E-state index in [0.717, 1.165) is 5.76 Å². The number of nitrogens with zero attached hydrogens (tertiary/aromatic N) is 1. The Morgan fingerprint density at radius 3 is 3.00 bits per heavy atom. The number of furan rings is 1. The van der Waals surface area contributed by atoms with Gasteiger partial charge in [-0.05, 0) is 19.1 Å². The molecule has 0 aliphatic heterocycles. The molecule has 2 rings (SSSR count). The number of hydrogen-bond acceptors (Lipinski definition) is 4. The van der Waals surface area contributed by atoms with Gasteiger partial charge in [0.05, 0.1) is 18.7 Å². The van der Waals surface area contributed by atoms with Crippen LogP contribution in [0.5, 0.6) is 0 Å². The van der Waals surface area contributed by atoms with Gasteiger partial charge in [0.2, 0.25) is 0 Å². The van der Waals surface area contributed by atoms with Crippen LogP contribution in [0.1, 0.15) is 24.0 Å². The highest BCUT2D eigenvalue weighted by Crippen LogP contribution is 2.21. The number of H-pyrrole nitrogens is 1. The van der Waals surface area contributed by atoms with E-state index in [4.69, 9.17) is 15.3 Å². The standard InChI is InChI=1S/C11H13N3O3/c1-6-2-3-9(17-6)8-5-13-11(14-8)7(12)4-10(15)16/h2-3,5,7H,4,12H2,1H3,(H,13,14)(H,15,16). The second kappa shape index (κ2) is 4.42. The zero-order valence-corrected chi connectivity index (χ0v) is 9.30. The summed E-state index contributed by atoms with van der Waals surface area (Å²) in [7, 11) is 0. The highest BCUT2D eigenvalue weighted by atomic mass is 16.4. The van der Waals surface area contributed by atoms with Crippen molar-refractivity contribution in [3.05, 3.63) is 29.9 Å². The predicted octanol–water partition coefficient (Wildman–Crippen LogP) is 1.45. The van der Waals surface area contributed by atoms with Crippen molar-refractivity contribution in [2.45, 2.75) is 19.4 Å². The lowest BCUT2D eigenvalue weighted by Gasteiger charge is -2.03. The summed E-state index contributed by atoms with van der Waals surface area (Å²) in [6.45, 7) is 1.84. The number of carboxylic acids is 1.